The standard InChI is InChI=1S/C14H16N2O2S/c1-16(8-7-14(17)18)9-13-15-12(10-19-13)11-5-3-2-4-6-11/h2-6,10H,7-9H2,1H3,(H,17,18). The zero-order valence-electron chi connectivity index (χ0n) is 10.7. The molecule has 0 aliphatic carbocycles. The van der Waals surface area contributed by atoms with E-state index in [1.54, 1.807) is 11.3 Å². The van der Waals surface area contributed by atoms with Crippen LogP contribution in [0.1, 0.15) is 11.4 Å². The fourth-order valence-corrected chi connectivity index (χ4v) is 2.60. The van der Waals surface area contributed by atoms with E-state index in [1.807, 2.05) is 47.7 Å². The normalized spacial score (nSPS) is 10.8. The first-order valence-electron chi connectivity index (χ1n) is 6.05. The van der Waals surface area contributed by atoms with E-state index in [0.29, 0.717) is 13.1 Å². The molecule has 0 bridgehead atoms. The number of carboxylic acids is 1. The molecule has 0 atom stereocenters. The molecule has 0 radical (unpaired) electrons. The van der Waals surface area contributed by atoms with Gasteiger partial charge in [0.1, 0.15) is 5.01 Å². The molecule has 0 unspecified atom stereocenters. The van der Waals surface area contributed by atoms with E-state index < -0.39 is 5.97 Å². The Morgan fingerprint density at radius 2 is 2.11 bits per heavy atom. The number of hydrogen-bond acceptors (Lipinski definition) is 4. The zero-order chi connectivity index (χ0) is 13.7. The molecule has 2 rings (SSSR count). The summed E-state index contributed by atoms with van der Waals surface area (Å²) in [5.74, 6) is -0.768. The molecule has 0 saturated heterocycles. The smallest absolute Gasteiger partial charge is 0.304 e. The van der Waals surface area contributed by atoms with Crippen LogP contribution in [0.4, 0.5) is 0 Å². The molecule has 0 aliphatic heterocycles. The lowest BCUT2D eigenvalue weighted by Crippen LogP contribution is -2.21. The average molecular weight is 276 g/mol. The number of nitrogens with zero attached hydrogens (tertiary/aromatic N) is 2. The van der Waals surface area contributed by atoms with Crippen LogP contribution in [0.2, 0.25) is 0 Å². The largest absolute Gasteiger partial charge is 0.481 e. The summed E-state index contributed by atoms with van der Waals surface area (Å²) in [6.07, 6.45) is 0.160. The molecular formula is C14H16N2O2S. The summed E-state index contributed by atoms with van der Waals surface area (Å²) in [7, 11) is 1.91. The maximum Gasteiger partial charge on any atom is 0.304 e. The minimum Gasteiger partial charge on any atom is -0.481 e. The molecule has 0 fully saturated rings. The van der Waals surface area contributed by atoms with E-state index in [-0.39, 0.29) is 6.42 Å². The SMILES string of the molecule is CN(CCC(=O)O)Cc1nc(-c2ccccc2)cs1. The fourth-order valence-electron chi connectivity index (χ4n) is 1.72. The van der Waals surface area contributed by atoms with E-state index in [0.717, 1.165) is 16.3 Å². The first-order valence-corrected chi connectivity index (χ1v) is 6.93. The monoisotopic (exact) mass is 276 g/mol. The quantitative estimate of drug-likeness (QED) is 0.881. The molecule has 100 valence electrons. The third kappa shape index (κ3) is 4.15. The first kappa shape index (κ1) is 13.7. The van der Waals surface area contributed by atoms with E-state index in [1.165, 1.54) is 0 Å². The molecule has 4 nitrogen and oxygen atoms in total. The van der Waals surface area contributed by atoms with Gasteiger partial charge < -0.3 is 5.11 Å². The van der Waals surface area contributed by atoms with Crippen LogP contribution in [0, 0.1) is 0 Å². The van der Waals surface area contributed by atoms with Gasteiger partial charge in [-0.15, -0.1) is 11.3 Å². The summed E-state index contributed by atoms with van der Waals surface area (Å²) >= 11 is 1.61. The Bertz CT molecular complexity index is 539. The summed E-state index contributed by atoms with van der Waals surface area (Å²) in [6.45, 7) is 1.22. The van der Waals surface area contributed by atoms with Crippen molar-refractivity contribution in [1.29, 1.82) is 0 Å². The maximum atomic E-state index is 10.5. The molecule has 5 heteroatoms. The predicted molar refractivity (Wildman–Crippen MR) is 76.1 cm³/mol. The minimum absolute atomic E-state index is 0.160. The summed E-state index contributed by atoms with van der Waals surface area (Å²) in [5.41, 5.74) is 2.09. The second-order valence-electron chi connectivity index (χ2n) is 4.37. The molecule has 2 aromatic rings. The Labute approximate surface area is 116 Å². The average Bonchev–Trinajstić information content (AvgIpc) is 2.86. The number of hydrogen-bond donors (Lipinski definition) is 1. The van der Waals surface area contributed by atoms with Crippen molar-refractivity contribution in [2.75, 3.05) is 13.6 Å². The molecule has 1 aromatic heterocycles. The van der Waals surface area contributed by atoms with Gasteiger partial charge in [0.15, 0.2) is 0 Å². The Balaban J connectivity index is 1.96. The molecule has 1 N–H and O–H groups in total. The Kier molecular flexibility index (Phi) is 4.65. The van der Waals surface area contributed by atoms with E-state index >= 15 is 0 Å². The maximum absolute atomic E-state index is 10.5. The second-order valence-corrected chi connectivity index (χ2v) is 5.32. The fraction of sp³-hybridized carbons (Fsp3) is 0.286. The minimum atomic E-state index is -0.768. The lowest BCUT2D eigenvalue weighted by molar-refractivity contribution is -0.137. The number of carboxylic acid groups (broad SMARTS) is 1. The molecule has 1 aromatic carbocycles. The number of carbonyl (C=O) groups is 1. The van der Waals surface area contributed by atoms with Crippen molar-refractivity contribution in [2.24, 2.45) is 0 Å². The van der Waals surface area contributed by atoms with Gasteiger partial charge in [-0.3, -0.25) is 9.69 Å². The van der Waals surface area contributed by atoms with Gasteiger partial charge in [-0.25, -0.2) is 4.98 Å². The third-order valence-electron chi connectivity index (χ3n) is 2.73. The number of rotatable bonds is 6. The van der Waals surface area contributed by atoms with Crippen LogP contribution in [-0.4, -0.2) is 34.6 Å². The van der Waals surface area contributed by atoms with Crippen LogP contribution in [0.3, 0.4) is 0 Å². The van der Waals surface area contributed by atoms with Gasteiger partial charge in [-0.2, -0.15) is 0 Å². The highest BCUT2D eigenvalue weighted by atomic mass is 32.1. The summed E-state index contributed by atoms with van der Waals surface area (Å²) in [5, 5.41) is 11.7. The van der Waals surface area contributed by atoms with Gasteiger partial charge in [0, 0.05) is 17.5 Å². The summed E-state index contributed by atoms with van der Waals surface area (Å²) in [6, 6.07) is 10.0. The van der Waals surface area contributed by atoms with E-state index in [9.17, 15) is 4.79 Å². The highest BCUT2D eigenvalue weighted by molar-refractivity contribution is 7.09. The van der Waals surface area contributed by atoms with Gasteiger partial charge in [0.05, 0.1) is 18.7 Å². The van der Waals surface area contributed by atoms with Crippen LogP contribution in [0.15, 0.2) is 35.7 Å². The molecule has 0 amide bonds. The van der Waals surface area contributed by atoms with Crippen molar-refractivity contribution in [3.63, 3.8) is 0 Å². The summed E-state index contributed by atoms with van der Waals surface area (Å²) < 4.78 is 0. The number of aromatic nitrogens is 1. The molecule has 1 heterocycles. The molecular weight excluding hydrogens is 260 g/mol. The summed E-state index contributed by atoms with van der Waals surface area (Å²) in [4.78, 5) is 17.1. The lowest BCUT2D eigenvalue weighted by Gasteiger charge is -2.12. The molecule has 0 spiro atoms. The van der Waals surface area contributed by atoms with Crippen LogP contribution < -0.4 is 0 Å². The van der Waals surface area contributed by atoms with Gasteiger partial charge in [-0.1, -0.05) is 30.3 Å². The van der Waals surface area contributed by atoms with Crippen molar-refractivity contribution in [1.82, 2.24) is 9.88 Å². The third-order valence-corrected chi connectivity index (χ3v) is 3.57. The molecule has 0 aliphatic rings. The van der Waals surface area contributed by atoms with Crippen LogP contribution in [0.5, 0.6) is 0 Å². The van der Waals surface area contributed by atoms with Crippen molar-refractivity contribution in [2.45, 2.75) is 13.0 Å². The predicted octanol–water partition coefficient (Wildman–Crippen LogP) is 2.72. The van der Waals surface area contributed by atoms with Gasteiger partial charge in [0.2, 0.25) is 0 Å². The Morgan fingerprint density at radius 3 is 2.79 bits per heavy atom. The van der Waals surface area contributed by atoms with Gasteiger partial charge in [0.25, 0.3) is 0 Å². The first-order chi connectivity index (χ1) is 9.15. The highest BCUT2D eigenvalue weighted by Crippen LogP contribution is 2.22. The zero-order valence-corrected chi connectivity index (χ0v) is 11.6. The van der Waals surface area contributed by atoms with Crippen molar-refractivity contribution >= 4 is 17.3 Å². The van der Waals surface area contributed by atoms with Crippen molar-refractivity contribution in [3.8, 4) is 11.3 Å². The lowest BCUT2D eigenvalue weighted by atomic mass is 10.2. The van der Waals surface area contributed by atoms with E-state index in [2.05, 4.69) is 4.98 Å². The van der Waals surface area contributed by atoms with E-state index in [4.69, 9.17) is 5.11 Å². The Morgan fingerprint density at radius 1 is 1.37 bits per heavy atom. The van der Waals surface area contributed by atoms with Crippen molar-refractivity contribution < 1.29 is 9.90 Å². The van der Waals surface area contributed by atoms with Gasteiger partial charge >= 0.3 is 5.97 Å². The number of aliphatic carboxylic acids is 1. The Hall–Kier alpha value is -1.72. The molecule has 0 saturated carbocycles. The number of benzene rings is 1. The molecule has 19 heavy (non-hydrogen) atoms. The van der Waals surface area contributed by atoms with Gasteiger partial charge in [-0.05, 0) is 7.05 Å². The second kappa shape index (κ2) is 6.45. The topological polar surface area (TPSA) is 53.4 Å². The van der Waals surface area contributed by atoms with Crippen molar-refractivity contribution in [3.05, 3.63) is 40.7 Å². The van der Waals surface area contributed by atoms with Crippen LogP contribution in [-0.2, 0) is 11.3 Å². The van der Waals surface area contributed by atoms with Crippen LogP contribution in [0.25, 0.3) is 11.3 Å². The number of thiazole rings is 1. The van der Waals surface area contributed by atoms with Crippen LogP contribution >= 0.6 is 11.3 Å². The highest BCUT2D eigenvalue weighted by Gasteiger charge is 2.08.